The van der Waals surface area contributed by atoms with Gasteiger partial charge in [0.2, 0.25) is 0 Å². The van der Waals surface area contributed by atoms with Crippen LogP contribution < -0.4 is 0 Å². The molecule has 0 aromatic heterocycles. The summed E-state index contributed by atoms with van der Waals surface area (Å²) < 4.78 is 0. The van der Waals surface area contributed by atoms with Crippen molar-refractivity contribution in [1.29, 1.82) is 0 Å². The summed E-state index contributed by atoms with van der Waals surface area (Å²) in [5.74, 6) is -0.833. The fourth-order valence-electron chi connectivity index (χ4n) is 3.31. The highest BCUT2D eigenvalue weighted by molar-refractivity contribution is 6.30. The van der Waals surface area contributed by atoms with Crippen molar-refractivity contribution in [3.63, 3.8) is 0 Å². The van der Waals surface area contributed by atoms with Gasteiger partial charge in [-0.05, 0) is 42.3 Å². The zero-order chi connectivity index (χ0) is 21.1. The first-order chi connectivity index (χ1) is 13.8. The van der Waals surface area contributed by atoms with Crippen molar-refractivity contribution in [3.8, 4) is 0 Å². The molecule has 2 aliphatic heterocycles. The summed E-state index contributed by atoms with van der Waals surface area (Å²) in [6.45, 7) is 7.96. The first-order valence-electron chi connectivity index (χ1n) is 9.22. The van der Waals surface area contributed by atoms with E-state index in [1.54, 1.807) is 0 Å². The number of halogens is 1. The molecule has 2 aromatic rings. The molecule has 0 amide bonds. The van der Waals surface area contributed by atoms with E-state index >= 15 is 0 Å². The Bertz CT molecular complexity index is 1060. The van der Waals surface area contributed by atoms with Gasteiger partial charge in [-0.1, -0.05) is 48.0 Å². The van der Waals surface area contributed by atoms with Crippen LogP contribution in [-0.4, -0.2) is 35.3 Å². The Kier molecular flexibility index (Phi) is 6.04. The average molecular weight is 407 g/mol. The normalized spacial score (nSPS) is 15.0. The topological polar surface area (TPSA) is 52.9 Å². The fraction of sp³-hybridized carbons (Fsp3) is 0.167. The van der Waals surface area contributed by atoms with Gasteiger partial charge in [0, 0.05) is 47.6 Å². The number of nitrogens with zero attached hydrogens (tertiary/aromatic N) is 2. The molecule has 5 heteroatoms. The summed E-state index contributed by atoms with van der Waals surface area (Å²) in [5.41, 5.74) is 9.11. The fourth-order valence-corrected chi connectivity index (χ4v) is 3.43. The third kappa shape index (κ3) is 4.66. The van der Waals surface area contributed by atoms with E-state index in [0.29, 0.717) is 6.54 Å². The molecule has 2 aromatic carbocycles. The third-order valence-corrected chi connectivity index (χ3v) is 4.96. The number of allylic oxidation sites excluding steroid dienone is 1. The maximum absolute atomic E-state index is 9.00. The van der Waals surface area contributed by atoms with Crippen molar-refractivity contribution in [3.05, 3.63) is 99.9 Å². The van der Waals surface area contributed by atoms with Gasteiger partial charge in [-0.3, -0.25) is 9.79 Å². The van der Waals surface area contributed by atoms with Crippen LogP contribution in [0.2, 0.25) is 5.02 Å². The van der Waals surface area contributed by atoms with Gasteiger partial charge in [0.25, 0.3) is 5.97 Å². The Morgan fingerprint density at radius 1 is 1.17 bits per heavy atom. The summed E-state index contributed by atoms with van der Waals surface area (Å²) >= 11 is 6.07. The molecule has 1 N–H and O–H groups in total. The van der Waals surface area contributed by atoms with Crippen LogP contribution in [0.4, 0.5) is 0 Å². The zero-order valence-electron chi connectivity index (χ0n) is 16.7. The second-order valence-corrected chi connectivity index (χ2v) is 7.49. The molecule has 0 aliphatic carbocycles. The van der Waals surface area contributed by atoms with Gasteiger partial charge in [0.15, 0.2) is 0 Å². The van der Waals surface area contributed by atoms with Gasteiger partial charge in [0.05, 0.1) is 12.3 Å². The highest BCUT2D eigenvalue weighted by atomic mass is 35.5. The number of aliphatic imine (C=N–C) groups is 1. The molecule has 0 saturated heterocycles. The lowest BCUT2D eigenvalue weighted by Gasteiger charge is -2.24. The molecule has 29 heavy (non-hydrogen) atoms. The lowest BCUT2D eigenvalue weighted by atomic mass is 9.89. The summed E-state index contributed by atoms with van der Waals surface area (Å²) in [6, 6.07) is 14.5. The third-order valence-electron chi connectivity index (χ3n) is 4.71. The smallest absolute Gasteiger partial charge is 0.300 e. The summed E-state index contributed by atoms with van der Waals surface area (Å²) in [6.07, 6.45) is 4.29. The molecule has 0 unspecified atom stereocenters. The highest BCUT2D eigenvalue weighted by Gasteiger charge is 2.23. The number of aryl methyl sites for hydroxylation is 1. The minimum atomic E-state index is -0.833. The standard InChI is InChI=1S/C22H19ClN2.C2H4O2/c1-14-4-9-19-20(10-14)22(16-5-7-18(23)8-6-16)24-12-17-11-15(2)25(3)13-21(17)19;1-2(3)4/h4-11,13H,2,12H2,1,3H3;1H3,(H,3,4). The first-order valence-corrected chi connectivity index (χ1v) is 9.60. The highest BCUT2D eigenvalue weighted by Crippen LogP contribution is 2.35. The molecule has 0 radical (unpaired) electrons. The SMILES string of the molecule is C=C1C=C2CN=C(c3ccc(Cl)cc3)c3cc(C)ccc3C2=CN1C.CC(=O)O. The molecule has 0 atom stereocenters. The predicted octanol–water partition coefficient (Wildman–Crippen LogP) is 5.32. The van der Waals surface area contributed by atoms with Crippen molar-refractivity contribution < 1.29 is 9.90 Å². The predicted molar refractivity (Wildman–Crippen MR) is 119 cm³/mol. The second kappa shape index (κ2) is 8.50. The molecule has 148 valence electrons. The molecule has 2 heterocycles. The number of hydrogen-bond acceptors (Lipinski definition) is 3. The Labute approximate surface area is 176 Å². The maximum Gasteiger partial charge on any atom is 0.300 e. The van der Waals surface area contributed by atoms with E-state index in [0.717, 1.165) is 34.5 Å². The summed E-state index contributed by atoms with van der Waals surface area (Å²) in [4.78, 5) is 16.0. The number of likely N-dealkylation sites (N-methyl/N-ethyl adjacent to an activating group) is 1. The van der Waals surface area contributed by atoms with Gasteiger partial charge >= 0.3 is 0 Å². The van der Waals surface area contributed by atoms with E-state index in [-0.39, 0.29) is 0 Å². The van der Waals surface area contributed by atoms with Gasteiger partial charge < -0.3 is 10.0 Å². The second-order valence-electron chi connectivity index (χ2n) is 7.05. The molecule has 2 aliphatic rings. The van der Waals surface area contributed by atoms with Crippen LogP contribution in [0.3, 0.4) is 0 Å². The van der Waals surface area contributed by atoms with Gasteiger partial charge in [-0.15, -0.1) is 0 Å². The van der Waals surface area contributed by atoms with Crippen molar-refractivity contribution in [2.45, 2.75) is 13.8 Å². The van der Waals surface area contributed by atoms with Gasteiger partial charge in [0.1, 0.15) is 0 Å². The number of aliphatic carboxylic acids is 1. The largest absolute Gasteiger partial charge is 0.481 e. The molecule has 4 nitrogen and oxygen atoms in total. The number of hydrogen-bond donors (Lipinski definition) is 1. The van der Waals surface area contributed by atoms with Crippen LogP contribution in [0.5, 0.6) is 0 Å². The van der Waals surface area contributed by atoms with Crippen LogP contribution in [0.1, 0.15) is 29.2 Å². The minimum absolute atomic E-state index is 0.643. The number of carboxylic acids is 1. The van der Waals surface area contributed by atoms with Crippen LogP contribution in [0, 0.1) is 6.92 Å². The van der Waals surface area contributed by atoms with E-state index in [2.05, 4.69) is 48.9 Å². The van der Waals surface area contributed by atoms with Crippen molar-refractivity contribution in [2.24, 2.45) is 4.99 Å². The van der Waals surface area contributed by atoms with Crippen molar-refractivity contribution >= 4 is 28.9 Å². The maximum atomic E-state index is 9.00. The average Bonchev–Trinajstić information content (AvgIpc) is 2.79. The monoisotopic (exact) mass is 406 g/mol. The van der Waals surface area contributed by atoms with Gasteiger partial charge in [-0.25, -0.2) is 0 Å². The van der Waals surface area contributed by atoms with Crippen LogP contribution in [0.25, 0.3) is 5.57 Å². The van der Waals surface area contributed by atoms with E-state index in [9.17, 15) is 0 Å². The number of carbonyl (C=O) groups is 1. The lowest BCUT2D eigenvalue weighted by Crippen LogP contribution is -2.14. The number of benzene rings is 2. The lowest BCUT2D eigenvalue weighted by molar-refractivity contribution is -0.134. The Hall–Kier alpha value is -3.11. The van der Waals surface area contributed by atoms with E-state index in [4.69, 9.17) is 26.5 Å². The van der Waals surface area contributed by atoms with Gasteiger partial charge in [-0.2, -0.15) is 0 Å². The molecular formula is C24H23ClN2O2. The van der Waals surface area contributed by atoms with Crippen LogP contribution in [-0.2, 0) is 4.79 Å². The Morgan fingerprint density at radius 3 is 2.48 bits per heavy atom. The van der Waals surface area contributed by atoms with E-state index < -0.39 is 5.97 Å². The Morgan fingerprint density at radius 2 is 1.83 bits per heavy atom. The van der Waals surface area contributed by atoms with Crippen molar-refractivity contribution in [1.82, 2.24) is 4.90 Å². The molecule has 4 rings (SSSR count). The quantitative estimate of drug-likeness (QED) is 0.697. The molecule has 0 fully saturated rings. The van der Waals surface area contributed by atoms with Crippen LogP contribution in [0.15, 0.2) is 77.6 Å². The summed E-state index contributed by atoms with van der Waals surface area (Å²) in [7, 11) is 2.03. The minimum Gasteiger partial charge on any atom is -0.481 e. The molecular weight excluding hydrogens is 384 g/mol. The van der Waals surface area contributed by atoms with Crippen molar-refractivity contribution in [2.75, 3.05) is 13.6 Å². The van der Waals surface area contributed by atoms with E-state index in [1.807, 2.05) is 31.3 Å². The van der Waals surface area contributed by atoms with E-state index in [1.165, 1.54) is 22.3 Å². The van der Waals surface area contributed by atoms with Crippen LogP contribution >= 0.6 is 11.6 Å². The molecule has 0 saturated carbocycles. The molecule has 0 bridgehead atoms. The molecule has 0 spiro atoms. The number of fused-ring (bicyclic) bond motifs is 3. The number of carboxylic acid groups (broad SMARTS) is 1. The zero-order valence-corrected chi connectivity index (χ0v) is 17.5. The Balaban J connectivity index is 0.000000552. The first kappa shape index (κ1) is 20.6. The number of rotatable bonds is 1. The summed E-state index contributed by atoms with van der Waals surface area (Å²) in [5, 5.41) is 8.15.